The molecule has 0 aliphatic heterocycles. The van der Waals surface area contributed by atoms with Crippen molar-refractivity contribution >= 4 is 29.0 Å². The van der Waals surface area contributed by atoms with Gasteiger partial charge < -0.3 is 5.11 Å². The lowest BCUT2D eigenvalue weighted by Crippen LogP contribution is -2.07. The minimum atomic E-state index is -0.698. The molecule has 128 valence electrons. The Balaban J connectivity index is 2.64. The summed E-state index contributed by atoms with van der Waals surface area (Å²) in [6, 6.07) is 5.54. The Morgan fingerprint density at radius 3 is 1.92 bits per heavy atom. The van der Waals surface area contributed by atoms with E-state index in [2.05, 4.69) is 0 Å². The molecule has 0 heterocycles. The molecule has 0 saturated heterocycles. The Bertz CT molecular complexity index is 769. The summed E-state index contributed by atoms with van der Waals surface area (Å²) in [6.45, 7) is 7.73. The molecule has 2 aromatic carbocycles. The highest BCUT2D eigenvalue weighted by Gasteiger charge is 2.21. The third kappa shape index (κ3) is 3.57. The molecular weight excluding hydrogens is 350 g/mol. The average Bonchev–Trinajstić information content (AvgIpc) is 2.49. The first-order valence-electron chi connectivity index (χ1n) is 7.69. The number of carbonyl (C=O) groups excluding carboxylic acids is 1. The van der Waals surface area contributed by atoms with Gasteiger partial charge in [-0.3, -0.25) is 4.79 Å². The molecular formula is C19H19Cl2FO2. The Morgan fingerprint density at radius 2 is 1.46 bits per heavy atom. The van der Waals surface area contributed by atoms with Gasteiger partial charge in [0.2, 0.25) is 0 Å². The minimum absolute atomic E-state index is 0.0349. The fourth-order valence-corrected chi connectivity index (χ4v) is 3.01. The number of benzene rings is 2. The third-order valence-electron chi connectivity index (χ3n) is 3.93. The summed E-state index contributed by atoms with van der Waals surface area (Å²) in [6.07, 6.45) is 0. The molecule has 5 heteroatoms. The van der Waals surface area contributed by atoms with Gasteiger partial charge in [0.15, 0.2) is 5.78 Å². The van der Waals surface area contributed by atoms with Crippen molar-refractivity contribution < 1.29 is 14.3 Å². The van der Waals surface area contributed by atoms with E-state index < -0.39 is 11.6 Å². The molecule has 24 heavy (non-hydrogen) atoms. The highest BCUT2D eigenvalue weighted by molar-refractivity contribution is 6.37. The highest BCUT2D eigenvalue weighted by atomic mass is 35.5. The Labute approximate surface area is 151 Å². The van der Waals surface area contributed by atoms with Crippen LogP contribution in [0.15, 0.2) is 24.3 Å². The fourth-order valence-electron chi connectivity index (χ4n) is 2.54. The molecule has 0 radical (unpaired) electrons. The summed E-state index contributed by atoms with van der Waals surface area (Å²) in [5.41, 5.74) is 1.77. The molecule has 0 aromatic heterocycles. The normalized spacial score (nSPS) is 11.4. The van der Waals surface area contributed by atoms with Gasteiger partial charge in [-0.05, 0) is 47.2 Å². The van der Waals surface area contributed by atoms with Crippen LogP contribution in [0.2, 0.25) is 10.0 Å². The van der Waals surface area contributed by atoms with Gasteiger partial charge in [0.05, 0.1) is 10.0 Å². The van der Waals surface area contributed by atoms with Crippen LogP contribution in [0, 0.1) is 5.82 Å². The van der Waals surface area contributed by atoms with E-state index in [1.165, 1.54) is 6.07 Å². The number of phenols is 1. The number of aromatic hydroxyl groups is 1. The molecule has 0 amide bonds. The summed E-state index contributed by atoms with van der Waals surface area (Å²) in [5, 5.41) is 10.4. The van der Waals surface area contributed by atoms with Crippen molar-refractivity contribution in [2.45, 2.75) is 39.5 Å². The number of hydrogen-bond donors (Lipinski definition) is 1. The zero-order valence-corrected chi connectivity index (χ0v) is 15.5. The van der Waals surface area contributed by atoms with E-state index in [1.54, 1.807) is 12.1 Å². The molecule has 2 nitrogen and oxygen atoms in total. The zero-order chi connectivity index (χ0) is 18.2. The first-order valence-corrected chi connectivity index (χ1v) is 8.45. The first-order chi connectivity index (χ1) is 11.1. The van der Waals surface area contributed by atoms with E-state index in [1.807, 2.05) is 27.7 Å². The fraction of sp³-hybridized carbons (Fsp3) is 0.316. The average molecular weight is 369 g/mol. The van der Waals surface area contributed by atoms with Crippen LogP contribution in [0.25, 0.3) is 0 Å². The lowest BCUT2D eigenvalue weighted by molar-refractivity contribution is 0.103. The van der Waals surface area contributed by atoms with Crippen molar-refractivity contribution in [1.29, 1.82) is 0 Å². The lowest BCUT2D eigenvalue weighted by Gasteiger charge is -2.17. The molecule has 0 atom stereocenters. The van der Waals surface area contributed by atoms with Crippen molar-refractivity contribution in [1.82, 2.24) is 0 Å². The summed E-state index contributed by atoms with van der Waals surface area (Å²) in [7, 11) is 0. The van der Waals surface area contributed by atoms with Gasteiger partial charge in [-0.1, -0.05) is 50.9 Å². The summed E-state index contributed by atoms with van der Waals surface area (Å²) >= 11 is 11.7. The van der Waals surface area contributed by atoms with Crippen LogP contribution in [0.3, 0.4) is 0 Å². The molecule has 0 aliphatic rings. The van der Waals surface area contributed by atoms with Crippen molar-refractivity contribution in [3.63, 3.8) is 0 Å². The van der Waals surface area contributed by atoms with E-state index >= 15 is 0 Å². The van der Waals surface area contributed by atoms with Crippen LogP contribution >= 0.6 is 23.2 Å². The van der Waals surface area contributed by atoms with Gasteiger partial charge >= 0.3 is 0 Å². The largest absolute Gasteiger partial charge is 0.507 e. The van der Waals surface area contributed by atoms with Crippen LogP contribution in [0.5, 0.6) is 5.75 Å². The quantitative estimate of drug-likeness (QED) is 0.506. The van der Waals surface area contributed by atoms with Gasteiger partial charge in [0, 0.05) is 11.1 Å². The summed E-state index contributed by atoms with van der Waals surface area (Å²) < 4.78 is 13.7. The second kappa shape index (κ2) is 7.12. The number of ketones is 1. The van der Waals surface area contributed by atoms with Gasteiger partial charge in [-0.2, -0.15) is 0 Å². The zero-order valence-electron chi connectivity index (χ0n) is 14.0. The maximum atomic E-state index is 13.7. The molecule has 2 aromatic rings. The van der Waals surface area contributed by atoms with E-state index in [0.717, 1.165) is 6.07 Å². The summed E-state index contributed by atoms with van der Waals surface area (Å²) in [4.78, 5) is 12.8. The summed E-state index contributed by atoms with van der Waals surface area (Å²) in [5.74, 6) is -0.832. The van der Waals surface area contributed by atoms with Crippen molar-refractivity contribution in [2.24, 2.45) is 0 Å². The SMILES string of the molecule is CC(C)c1cc(C(=O)c2cc(F)c(Cl)cc2Cl)cc(C(C)C)c1O. The van der Waals surface area contributed by atoms with Crippen LogP contribution in [0.1, 0.15) is 66.6 Å². The molecule has 0 saturated carbocycles. The van der Waals surface area contributed by atoms with Gasteiger partial charge in [-0.15, -0.1) is 0 Å². The van der Waals surface area contributed by atoms with E-state index in [-0.39, 0.29) is 33.2 Å². The lowest BCUT2D eigenvalue weighted by atomic mass is 9.89. The Hall–Kier alpha value is -1.58. The molecule has 0 bridgehead atoms. The monoisotopic (exact) mass is 368 g/mol. The molecule has 0 unspecified atom stereocenters. The molecule has 0 aliphatic carbocycles. The van der Waals surface area contributed by atoms with Crippen LogP contribution in [-0.2, 0) is 0 Å². The first kappa shape index (κ1) is 18.8. The standard InChI is InChI=1S/C19H19Cl2FO2/c1-9(2)12-5-11(6-13(10(3)4)19(12)24)18(23)14-7-17(22)16(21)8-15(14)20/h5-10,24H,1-4H3. The van der Waals surface area contributed by atoms with Gasteiger partial charge in [0.25, 0.3) is 0 Å². The predicted octanol–water partition coefficient (Wildman–Crippen LogP) is 6.32. The second-order valence-electron chi connectivity index (χ2n) is 6.39. The van der Waals surface area contributed by atoms with Crippen LogP contribution < -0.4 is 0 Å². The molecule has 1 N–H and O–H groups in total. The van der Waals surface area contributed by atoms with E-state index in [4.69, 9.17) is 23.2 Å². The Kier molecular flexibility index (Phi) is 5.56. The highest BCUT2D eigenvalue weighted by Crippen LogP contribution is 2.36. The van der Waals surface area contributed by atoms with E-state index in [9.17, 15) is 14.3 Å². The van der Waals surface area contributed by atoms with Crippen molar-refractivity contribution in [3.8, 4) is 5.75 Å². The molecule has 0 fully saturated rings. The minimum Gasteiger partial charge on any atom is -0.507 e. The van der Waals surface area contributed by atoms with Crippen molar-refractivity contribution in [2.75, 3.05) is 0 Å². The topological polar surface area (TPSA) is 37.3 Å². The smallest absolute Gasteiger partial charge is 0.194 e. The maximum Gasteiger partial charge on any atom is 0.194 e. The van der Waals surface area contributed by atoms with Crippen molar-refractivity contribution in [3.05, 3.63) is 62.4 Å². The molecule has 2 rings (SSSR count). The maximum absolute atomic E-state index is 13.7. The number of phenolic OH excluding ortho intramolecular Hbond substituents is 1. The number of carbonyl (C=O) groups is 1. The van der Waals surface area contributed by atoms with Crippen LogP contribution in [-0.4, -0.2) is 10.9 Å². The predicted molar refractivity (Wildman–Crippen MR) is 96.1 cm³/mol. The second-order valence-corrected chi connectivity index (χ2v) is 7.20. The Morgan fingerprint density at radius 1 is 0.958 bits per heavy atom. The third-order valence-corrected chi connectivity index (χ3v) is 4.53. The number of rotatable bonds is 4. The van der Waals surface area contributed by atoms with Crippen LogP contribution in [0.4, 0.5) is 4.39 Å². The number of hydrogen-bond acceptors (Lipinski definition) is 2. The number of halogens is 3. The van der Waals surface area contributed by atoms with E-state index in [0.29, 0.717) is 16.7 Å². The van der Waals surface area contributed by atoms with Gasteiger partial charge in [-0.25, -0.2) is 4.39 Å². The molecule has 0 spiro atoms. The van der Waals surface area contributed by atoms with Gasteiger partial charge in [0.1, 0.15) is 11.6 Å².